The van der Waals surface area contributed by atoms with Gasteiger partial charge < -0.3 is 4.90 Å². The van der Waals surface area contributed by atoms with Crippen LogP contribution in [-0.2, 0) is 0 Å². The number of amides is 1. The molecule has 0 unspecified atom stereocenters. The Hall–Kier alpha value is -1.06. The molecule has 0 spiro atoms. The van der Waals surface area contributed by atoms with Crippen LogP contribution < -0.4 is 0 Å². The highest BCUT2D eigenvalue weighted by Gasteiger charge is 2.25. The summed E-state index contributed by atoms with van der Waals surface area (Å²) >= 11 is 11.7. The number of ketones is 1. The lowest BCUT2D eigenvalue weighted by Crippen LogP contribution is -2.26. The Morgan fingerprint density at radius 3 is 2.31 bits per heavy atom. The van der Waals surface area contributed by atoms with Gasteiger partial charge in [0.1, 0.15) is 0 Å². The van der Waals surface area contributed by atoms with E-state index < -0.39 is 0 Å². The van der Waals surface area contributed by atoms with Crippen LogP contribution in [0.25, 0.3) is 0 Å². The topological polar surface area (TPSA) is 37.4 Å². The lowest BCUT2D eigenvalue weighted by Gasteiger charge is -2.13. The quantitative estimate of drug-likeness (QED) is 0.717. The second kappa shape index (κ2) is 4.07. The second-order valence-electron chi connectivity index (χ2n) is 3.71. The van der Waals surface area contributed by atoms with Crippen LogP contribution in [0.1, 0.15) is 27.1 Å². The van der Waals surface area contributed by atoms with Crippen molar-refractivity contribution in [1.29, 1.82) is 0 Å². The molecular weight excluding hydrogens is 249 g/mol. The third-order valence-corrected chi connectivity index (χ3v) is 3.33. The van der Waals surface area contributed by atoms with Crippen LogP contribution in [0.15, 0.2) is 12.1 Å². The molecule has 5 heteroatoms. The van der Waals surface area contributed by atoms with Crippen molar-refractivity contribution in [3.05, 3.63) is 33.3 Å². The van der Waals surface area contributed by atoms with Crippen molar-refractivity contribution in [2.75, 3.05) is 13.6 Å². The molecule has 1 amide bonds. The van der Waals surface area contributed by atoms with E-state index in [9.17, 15) is 9.59 Å². The van der Waals surface area contributed by atoms with Gasteiger partial charge in [-0.3, -0.25) is 9.59 Å². The fourth-order valence-corrected chi connectivity index (χ4v) is 1.99. The Morgan fingerprint density at radius 1 is 1.12 bits per heavy atom. The van der Waals surface area contributed by atoms with Crippen molar-refractivity contribution >= 4 is 34.9 Å². The summed E-state index contributed by atoms with van der Waals surface area (Å²) in [5.41, 5.74) is 0.697. The molecule has 0 radical (unpaired) electrons. The number of hydrogen-bond acceptors (Lipinski definition) is 2. The molecule has 84 valence electrons. The van der Waals surface area contributed by atoms with Gasteiger partial charge in [-0.2, -0.15) is 0 Å². The fraction of sp³-hybridized carbons (Fsp3) is 0.273. The van der Waals surface area contributed by atoms with Crippen molar-refractivity contribution < 1.29 is 9.59 Å². The summed E-state index contributed by atoms with van der Waals surface area (Å²) in [6, 6.07) is 2.93. The molecular formula is C11H9Cl2NO2. The summed E-state index contributed by atoms with van der Waals surface area (Å²) in [7, 11) is 1.66. The van der Waals surface area contributed by atoms with Crippen LogP contribution in [0.3, 0.4) is 0 Å². The largest absolute Gasteiger partial charge is 0.341 e. The highest BCUT2D eigenvalue weighted by atomic mass is 35.5. The van der Waals surface area contributed by atoms with Crippen molar-refractivity contribution in [3.63, 3.8) is 0 Å². The molecule has 0 N–H and O–H groups in total. The summed E-state index contributed by atoms with van der Waals surface area (Å²) < 4.78 is 0. The molecule has 0 aromatic heterocycles. The van der Waals surface area contributed by atoms with Crippen LogP contribution >= 0.6 is 23.2 Å². The molecule has 0 fully saturated rings. The van der Waals surface area contributed by atoms with E-state index in [1.54, 1.807) is 7.05 Å². The lowest BCUT2D eigenvalue weighted by atomic mass is 10.0. The Morgan fingerprint density at radius 2 is 1.69 bits per heavy atom. The van der Waals surface area contributed by atoms with E-state index in [2.05, 4.69) is 0 Å². The number of halogens is 2. The zero-order chi connectivity index (χ0) is 11.9. The molecule has 1 aromatic carbocycles. The molecule has 16 heavy (non-hydrogen) atoms. The average molecular weight is 258 g/mol. The van der Waals surface area contributed by atoms with E-state index >= 15 is 0 Å². The predicted octanol–water partition coefficient (Wildman–Crippen LogP) is 2.65. The SMILES string of the molecule is CN1CCC(=O)c2cc(Cl)c(Cl)cc2C1=O. The van der Waals surface area contributed by atoms with Gasteiger partial charge in [-0.05, 0) is 12.1 Å². The third kappa shape index (κ3) is 1.81. The van der Waals surface area contributed by atoms with Gasteiger partial charge in [-0.1, -0.05) is 23.2 Å². The van der Waals surface area contributed by atoms with E-state index in [4.69, 9.17) is 23.2 Å². The molecule has 0 saturated heterocycles. The van der Waals surface area contributed by atoms with E-state index in [-0.39, 0.29) is 16.7 Å². The number of carbonyl (C=O) groups is 2. The van der Waals surface area contributed by atoms with Gasteiger partial charge in [-0.25, -0.2) is 0 Å². The third-order valence-electron chi connectivity index (χ3n) is 2.61. The average Bonchev–Trinajstić information content (AvgIpc) is 2.35. The van der Waals surface area contributed by atoms with Gasteiger partial charge in [0.15, 0.2) is 5.78 Å². The molecule has 1 heterocycles. The minimum absolute atomic E-state index is 0.0775. The summed E-state index contributed by atoms with van der Waals surface area (Å²) in [5, 5.41) is 0.586. The minimum Gasteiger partial charge on any atom is -0.341 e. The maximum Gasteiger partial charge on any atom is 0.254 e. The highest BCUT2D eigenvalue weighted by molar-refractivity contribution is 6.42. The van der Waals surface area contributed by atoms with E-state index in [1.807, 2.05) is 0 Å². The Balaban J connectivity index is 2.65. The number of benzene rings is 1. The van der Waals surface area contributed by atoms with Gasteiger partial charge in [-0.15, -0.1) is 0 Å². The van der Waals surface area contributed by atoms with Gasteiger partial charge in [0.25, 0.3) is 5.91 Å². The molecule has 1 aliphatic rings. The summed E-state index contributed by atoms with van der Waals surface area (Å²) in [5.74, 6) is -0.273. The maximum absolute atomic E-state index is 11.9. The molecule has 0 saturated carbocycles. The summed E-state index contributed by atoms with van der Waals surface area (Å²) in [4.78, 5) is 25.2. The zero-order valence-electron chi connectivity index (χ0n) is 8.59. The second-order valence-corrected chi connectivity index (χ2v) is 4.53. The molecule has 2 rings (SSSR count). The molecule has 3 nitrogen and oxygen atoms in total. The van der Waals surface area contributed by atoms with Crippen molar-refractivity contribution in [1.82, 2.24) is 4.90 Å². The fourth-order valence-electron chi connectivity index (χ4n) is 1.67. The van der Waals surface area contributed by atoms with Gasteiger partial charge >= 0.3 is 0 Å². The Labute approximate surface area is 103 Å². The molecule has 1 aliphatic heterocycles. The summed E-state index contributed by atoms with van der Waals surface area (Å²) in [6.45, 7) is 0.418. The molecule has 0 atom stereocenters. The normalized spacial score (nSPS) is 16.1. The Kier molecular flexibility index (Phi) is 2.91. The van der Waals surface area contributed by atoms with Gasteiger partial charge in [0, 0.05) is 25.6 Å². The minimum atomic E-state index is -0.195. The smallest absolute Gasteiger partial charge is 0.254 e. The number of Topliss-reactive ketones (excluding diaryl/α,β-unsaturated/α-hetero) is 1. The van der Waals surface area contributed by atoms with Crippen LogP contribution in [-0.4, -0.2) is 30.2 Å². The summed E-state index contributed by atoms with van der Waals surface area (Å²) in [6.07, 6.45) is 0.313. The first kappa shape index (κ1) is 11.4. The van der Waals surface area contributed by atoms with Gasteiger partial charge in [0.2, 0.25) is 0 Å². The zero-order valence-corrected chi connectivity index (χ0v) is 10.1. The standard InChI is InChI=1S/C11H9Cl2NO2/c1-14-3-2-10(15)6-4-8(12)9(13)5-7(6)11(14)16/h4-5H,2-3H2,1H3. The van der Waals surface area contributed by atoms with Crippen LogP contribution in [0.5, 0.6) is 0 Å². The monoisotopic (exact) mass is 257 g/mol. The van der Waals surface area contributed by atoms with Crippen molar-refractivity contribution in [2.45, 2.75) is 6.42 Å². The van der Waals surface area contributed by atoms with Crippen molar-refractivity contribution in [2.24, 2.45) is 0 Å². The first-order valence-corrected chi connectivity index (χ1v) is 5.54. The molecule has 0 aliphatic carbocycles. The number of hydrogen-bond donors (Lipinski definition) is 0. The maximum atomic E-state index is 11.9. The predicted molar refractivity (Wildman–Crippen MR) is 62.4 cm³/mol. The number of nitrogens with zero attached hydrogens (tertiary/aromatic N) is 1. The van der Waals surface area contributed by atoms with Gasteiger partial charge in [0.05, 0.1) is 15.6 Å². The van der Waals surface area contributed by atoms with E-state index in [0.717, 1.165) is 0 Å². The first-order valence-electron chi connectivity index (χ1n) is 4.78. The van der Waals surface area contributed by atoms with Crippen LogP contribution in [0.2, 0.25) is 10.0 Å². The lowest BCUT2D eigenvalue weighted by molar-refractivity contribution is 0.0798. The van der Waals surface area contributed by atoms with E-state index in [0.29, 0.717) is 29.1 Å². The van der Waals surface area contributed by atoms with Crippen LogP contribution in [0, 0.1) is 0 Å². The van der Waals surface area contributed by atoms with E-state index in [1.165, 1.54) is 17.0 Å². The van der Waals surface area contributed by atoms with Crippen LogP contribution in [0.4, 0.5) is 0 Å². The Bertz CT molecular complexity index is 485. The highest BCUT2D eigenvalue weighted by Crippen LogP contribution is 2.28. The number of carbonyl (C=O) groups excluding carboxylic acids is 2. The molecule has 0 bridgehead atoms. The number of rotatable bonds is 0. The number of fused-ring (bicyclic) bond motifs is 1. The first-order chi connectivity index (χ1) is 7.50. The van der Waals surface area contributed by atoms with Crippen molar-refractivity contribution in [3.8, 4) is 0 Å². The molecule has 1 aromatic rings.